The molecule has 2 aromatic carbocycles. The van der Waals surface area contributed by atoms with Crippen molar-refractivity contribution < 1.29 is 0 Å². The van der Waals surface area contributed by atoms with E-state index in [-0.39, 0.29) is 0 Å². The summed E-state index contributed by atoms with van der Waals surface area (Å²) in [5, 5.41) is 10.1. The predicted octanol–water partition coefficient (Wildman–Crippen LogP) is 3.91. The number of halogens is 1. The number of nitrogens with two attached hydrogens (primary N) is 1. The molecule has 0 radical (unpaired) electrons. The molecule has 1 heterocycles. The van der Waals surface area contributed by atoms with E-state index in [1.807, 2.05) is 36.5 Å². The fraction of sp³-hybridized carbons (Fsp3) is 0.0625. The van der Waals surface area contributed by atoms with Crippen molar-refractivity contribution in [2.75, 3.05) is 5.73 Å². The molecule has 2 N–H and O–H groups in total. The summed E-state index contributed by atoms with van der Waals surface area (Å²) < 4.78 is 3.14. The summed E-state index contributed by atoms with van der Waals surface area (Å²) in [5.74, 6) is 0. The van der Waals surface area contributed by atoms with Gasteiger partial charge in [0, 0.05) is 33.8 Å². The lowest BCUT2D eigenvalue weighted by atomic mass is 10.2. The fourth-order valence-corrected chi connectivity index (χ4v) is 2.59. The molecule has 0 fully saturated rings. The standard InChI is InChI=1S/C16H12BrN3/c17-13-3-1-11(2-4-13)9-20-10-12(8-18)15-7-14(19)5-6-16(15)20/h1-7,10H,9,19H2. The van der Waals surface area contributed by atoms with E-state index in [0.29, 0.717) is 11.3 Å². The van der Waals surface area contributed by atoms with Crippen LogP contribution in [0.25, 0.3) is 10.9 Å². The molecule has 0 aliphatic rings. The summed E-state index contributed by atoms with van der Waals surface area (Å²) in [6.07, 6.45) is 1.88. The van der Waals surface area contributed by atoms with Gasteiger partial charge in [-0.2, -0.15) is 5.26 Å². The molecule has 4 heteroatoms. The fourth-order valence-electron chi connectivity index (χ4n) is 2.32. The first-order chi connectivity index (χ1) is 9.67. The number of hydrogen-bond acceptors (Lipinski definition) is 2. The van der Waals surface area contributed by atoms with Crippen LogP contribution < -0.4 is 5.73 Å². The van der Waals surface area contributed by atoms with Gasteiger partial charge in [-0.05, 0) is 35.9 Å². The molecule has 0 spiro atoms. The van der Waals surface area contributed by atoms with Crippen LogP contribution in [-0.4, -0.2) is 4.57 Å². The molecular weight excluding hydrogens is 314 g/mol. The van der Waals surface area contributed by atoms with E-state index < -0.39 is 0 Å². The van der Waals surface area contributed by atoms with Gasteiger partial charge < -0.3 is 10.3 Å². The Morgan fingerprint density at radius 3 is 2.60 bits per heavy atom. The molecule has 3 rings (SSSR count). The maximum Gasteiger partial charge on any atom is 0.101 e. The van der Waals surface area contributed by atoms with Crippen molar-refractivity contribution in [3.8, 4) is 6.07 Å². The van der Waals surface area contributed by atoms with Crippen LogP contribution in [0.1, 0.15) is 11.1 Å². The zero-order chi connectivity index (χ0) is 14.1. The van der Waals surface area contributed by atoms with Crippen molar-refractivity contribution in [3.63, 3.8) is 0 Å². The van der Waals surface area contributed by atoms with Gasteiger partial charge >= 0.3 is 0 Å². The highest BCUT2D eigenvalue weighted by molar-refractivity contribution is 9.10. The van der Waals surface area contributed by atoms with Crippen LogP contribution in [-0.2, 0) is 6.54 Å². The Labute approximate surface area is 125 Å². The third kappa shape index (κ3) is 2.28. The molecule has 0 saturated heterocycles. The van der Waals surface area contributed by atoms with Crippen LogP contribution in [0, 0.1) is 11.3 Å². The lowest BCUT2D eigenvalue weighted by Crippen LogP contribution is -1.97. The van der Waals surface area contributed by atoms with Crippen LogP contribution in [0.3, 0.4) is 0 Å². The van der Waals surface area contributed by atoms with Gasteiger partial charge in [0.05, 0.1) is 5.56 Å². The predicted molar refractivity (Wildman–Crippen MR) is 84.3 cm³/mol. The number of benzene rings is 2. The normalized spacial score (nSPS) is 10.6. The number of hydrogen-bond donors (Lipinski definition) is 1. The third-order valence-electron chi connectivity index (χ3n) is 3.29. The molecule has 0 saturated carbocycles. The van der Waals surface area contributed by atoms with E-state index in [0.717, 1.165) is 21.9 Å². The second kappa shape index (κ2) is 5.03. The number of rotatable bonds is 2. The Bertz CT molecular complexity index is 810. The second-order valence-electron chi connectivity index (χ2n) is 4.69. The largest absolute Gasteiger partial charge is 0.399 e. The number of nitrogen functional groups attached to an aromatic ring is 1. The summed E-state index contributed by atoms with van der Waals surface area (Å²) in [7, 11) is 0. The molecule has 98 valence electrons. The topological polar surface area (TPSA) is 54.7 Å². The van der Waals surface area contributed by atoms with Gasteiger partial charge in [-0.15, -0.1) is 0 Å². The summed E-state index contributed by atoms with van der Waals surface area (Å²) in [6.45, 7) is 0.732. The zero-order valence-corrected chi connectivity index (χ0v) is 12.3. The SMILES string of the molecule is N#Cc1cn(Cc2ccc(Br)cc2)c2ccc(N)cc12. The molecule has 3 nitrogen and oxygen atoms in total. The molecule has 0 atom stereocenters. The molecule has 0 unspecified atom stereocenters. The molecule has 20 heavy (non-hydrogen) atoms. The first-order valence-electron chi connectivity index (χ1n) is 6.20. The average molecular weight is 326 g/mol. The van der Waals surface area contributed by atoms with Gasteiger partial charge in [-0.1, -0.05) is 28.1 Å². The Morgan fingerprint density at radius 2 is 1.90 bits per heavy atom. The first kappa shape index (κ1) is 12.8. The van der Waals surface area contributed by atoms with Crippen molar-refractivity contribution in [2.24, 2.45) is 0 Å². The molecule has 3 aromatic rings. The van der Waals surface area contributed by atoms with Crippen molar-refractivity contribution in [1.29, 1.82) is 5.26 Å². The van der Waals surface area contributed by atoms with Crippen molar-refractivity contribution in [3.05, 3.63) is 64.3 Å². The Balaban J connectivity index is 2.08. The zero-order valence-electron chi connectivity index (χ0n) is 10.7. The minimum Gasteiger partial charge on any atom is -0.399 e. The Hall–Kier alpha value is -2.25. The van der Waals surface area contributed by atoms with Crippen LogP contribution in [0.4, 0.5) is 5.69 Å². The van der Waals surface area contributed by atoms with Gasteiger partial charge in [-0.25, -0.2) is 0 Å². The average Bonchev–Trinajstić information content (AvgIpc) is 2.78. The van der Waals surface area contributed by atoms with Crippen molar-refractivity contribution in [2.45, 2.75) is 6.54 Å². The maximum atomic E-state index is 9.23. The van der Waals surface area contributed by atoms with E-state index in [2.05, 4.69) is 38.7 Å². The monoisotopic (exact) mass is 325 g/mol. The van der Waals surface area contributed by atoms with E-state index in [4.69, 9.17) is 5.73 Å². The van der Waals surface area contributed by atoms with Gasteiger partial charge in [0.15, 0.2) is 0 Å². The van der Waals surface area contributed by atoms with Gasteiger partial charge in [-0.3, -0.25) is 0 Å². The maximum absolute atomic E-state index is 9.23. The highest BCUT2D eigenvalue weighted by atomic mass is 79.9. The van der Waals surface area contributed by atoms with Crippen molar-refractivity contribution in [1.82, 2.24) is 4.57 Å². The van der Waals surface area contributed by atoms with E-state index in [9.17, 15) is 5.26 Å². The number of aromatic nitrogens is 1. The van der Waals surface area contributed by atoms with Crippen LogP contribution in [0.15, 0.2) is 53.1 Å². The van der Waals surface area contributed by atoms with Crippen LogP contribution in [0.5, 0.6) is 0 Å². The highest BCUT2D eigenvalue weighted by Gasteiger charge is 2.08. The van der Waals surface area contributed by atoms with Crippen LogP contribution >= 0.6 is 15.9 Å². The van der Waals surface area contributed by atoms with Gasteiger partial charge in [0.1, 0.15) is 6.07 Å². The quantitative estimate of drug-likeness (QED) is 0.726. The van der Waals surface area contributed by atoms with E-state index >= 15 is 0 Å². The molecule has 0 amide bonds. The lowest BCUT2D eigenvalue weighted by molar-refractivity contribution is 0.835. The summed E-state index contributed by atoms with van der Waals surface area (Å²) in [6, 6.07) is 16.1. The van der Waals surface area contributed by atoms with Gasteiger partial charge in [0.2, 0.25) is 0 Å². The minimum atomic E-state index is 0.657. The summed E-state index contributed by atoms with van der Waals surface area (Å²) in [5.41, 5.74) is 9.35. The van der Waals surface area contributed by atoms with E-state index in [1.54, 1.807) is 0 Å². The molecule has 1 aromatic heterocycles. The molecule has 0 aliphatic heterocycles. The molecule has 0 aliphatic carbocycles. The highest BCUT2D eigenvalue weighted by Crippen LogP contribution is 2.24. The number of fused-ring (bicyclic) bond motifs is 1. The lowest BCUT2D eigenvalue weighted by Gasteiger charge is -2.06. The number of nitrogens with zero attached hydrogens (tertiary/aromatic N) is 2. The van der Waals surface area contributed by atoms with Crippen LogP contribution in [0.2, 0.25) is 0 Å². The number of anilines is 1. The Morgan fingerprint density at radius 1 is 1.15 bits per heavy atom. The summed E-state index contributed by atoms with van der Waals surface area (Å²) >= 11 is 3.43. The second-order valence-corrected chi connectivity index (χ2v) is 5.60. The molecular formula is C16H12BrN3. The smallest absolute Gasteiger partial charge is 0.101 e. The van der Waals surface area contributed by atoms with Crippen molar-refractivity contribution >= 4 is 32.5 Å². The summed E-state index contributed by atoms with van der Waals surface area (Å²) in [4.78, 5) is 0. The first-order valence-corrected chi connectivity index (χ1v) is 6.99. The number of nitriles is 1. The van der Waals surface area contributed by atoms with Gasteiger partial charge in [0.25, 0.3) is 0 Å². The van der Waals surface area contributed by atoms with E-state index in [1.165, 1.54) is 5.56 Å². The molecule has 0 bridgehead atoms. The Kier molecular flexibility index (Phi) is 3.21. The minimum absolute atomic E-state index is 0.657. The third-order valence-corrected chi connectivity index (χ3v) is 3.82.